The molecule has 0 aliphatic heterocycles. The van der Waals surface area contributed by atoms with Crippen molar-refractivity contribution in [3.05, 3.63) is 58.8 Å². The monoisotopic (exact) mass is 388 g/mol. The van der Waals surface area contributed by atoms with Gasteiger partial charge in [-0.2, -0.15) is 0 Å². The summed E-state index contributed by atoms with van der Waals surface area (Å²) >= 11 is 3.39. The van der Waals surface area contributed by atoms with E-state index in [-0.39, 0.29) is 12.5 Å². The van der Waals surface area contributed by atoms with E-state index in [4.69, 9.17) is 9.72 Å². The van der Waals surface area contributed by atoms with Crippen molar-refractivity contribution in [1.82, 2.24) is 9.55 Å². The van der Waals surface area contributed by atoms with Crippen molar-refractivity contribution in [2.24, 2.45) is 0 Å². The lowest BCUT2D eigenvalue weighted by Gasteiger charge is -2.17. The van der Waals surface area contributed by atoms with Gasteiger partial charge in [-0.1, -0.05) is 41.9 Å². The first-order valence-electron chi connectivity index (χ1n) is 8.06. The summed E-state index contributed by atoms with van der Waals surface area (Å²) < 4.78 is 8.77. The number of ether oxygens (including phenoxy) is 1. The van der Waals surface area contributed by atoms with Crippen LogP contribution in [0, 0.1) is 0 Å². The van der Waals surface area contributed by atoms with Crippen LogP contribution in [0.4, 0.5) is 0 Å². The van der Waals surface area contributed by atoms with Crippen molar-refractivity contribution < 1.29 is 9.84 Å². The molecule has 1 aromatic heterocycles. The summed E-state index contributed by atoms with van der Waals surface area (Å²) in [6.07, 6.45) is -0.608. The fraction of sp³-hybridized carbons (Fsp3) is 0.316. The van der Waals surface area contributed by atoms with Gasteiger partial charge in [0.2, 0.25) is 0 Å². The van der Waals surface area contributed by atoms with Crippen LogP contribution in [0.25, 0.3) is 11.0 Å². The Balaban J connectivity index is 1.73. The Hall–Kier alpha value is -1.85. The fourth-order valence-electron chi connectivity index (χ4n) is 2.71. The van der Waals surface area contributed by atoms with Gasteiger partial charge in [0, 0.05) is 10.4 Å². The highest BCUT2D eigenvalue weighted by Crippen LogP contribution is 2.22. The summed E-state index contributed by atoms with van der Waals surface area (Å²) in [6.45, 7) is 4.93. The molecule has 5 heteroatoms. The van der Waals surface area contributed by atoms with Crippen molar-refractivity contribution in [3.8, 4) is 5.75 Å². The number of halogens is 1. The van der Waals surface area contributed by atoms with E-state index in [9.17, 15) is 5.11 Å². The highest BCUT2D eigenvalue weighted by Gasteiger charge is 2.16. The van der Waals surface area contributed by atoms with E-state index in [0.29, 0.717) is 6.54 Å². The lowest BCUT2D eigenvalue weighted by atomic mass is 10.2. The van der Waals surface area contributed by atoms with E-state index < -0.39 is 6.10 Å². The highest BCUT2D eigenvalue weighted by atomic mass is 79.9. The Morgan fingerprint density at radius 1 is 1.12 bits per heavy atom. The quantitative estimate of drug-likeness (QED) is 0.682. The molecular formula is C19H21BrN2O2. The maximum absolute atomic E-state index is 10.4. The molecule has 0 aliphatic rings. The summed E-state index contributed by atoms with van der Waals surface area (Å²) in [4.78, 5) is 4.70. The molecule has 0 aliphatic carbocycles. The van der Waals surface area contributed by atoms with Crippen molar-refractivity contribution in [2.75, 3.05) is 6.61 Å². The number of fused-ring (bicyclic) bond motifs is 1. The molecule has 4 nitrogen and oxygen atoms in total. The molecule has 0 saturated heterocycles. The number of hydrogen-bond acceptors (Lipinski definition) is 3. The second-order valence-electron chi connectivity index (χ2n) is 6.14. The van der Waals surface area contributed by atoms with Gasteiger partial charge in [-0.3, -0.25) is 0 Å². The predicted molar refractivity (Wildman–Crippen MR) is 99.5 cm³/mol. The zero-order chi connectivity index (χ0) is 17.1. The average Bonchev–Trinajstić information content (AvgIpc) is 2.93. The van der Waals surface area contributed by atoms with Crippen molar-refractivity contribution in [1.29, 1.82) is 0 Å². The van der Waals surface area contributed by atoms with Crippen LogP contribution in [0.2, 0.25) is 0 Å². The Morgan fingerprint density at radius 3 is 2.54 bits per heavy atom. The number of para-hydroxylation sites is 2. The summed E-state index contributed by atoms with van der Waals surface area (Å²) in [5.41, 5.74) is 2.01. The van der Waals surface area contributed by atoms with Crippen LogP contribution in [0.1, 0.15) is 25.6 Å². The first kappa shape index (κ1) is 17.0. The molecule has 2 aromatic carbocycles. The second kappa shape index (κ2) is 7.36. The minimum Gasteiger partial charge on any atom is -0.491 e. The molecule has 0 bridgehead atoms. The maximum Gasteiger partial charge on any atom is 0.119 e. The minimum absolute atomic E-state index is 0.242. The number of nitrogens with zero attached hydrogens (tertiary/aromatic N) is 2. The molecule has 3 aromatic rings. The molecule has 0 spiro atoms. The summed E-state index contributed by atoms with van der Waals surface area (Å²) in [5.74, 6) is 2.02. The number of benzene rings is 2. The minimum atomic E-state index is -0.608. The number of imidazole rings is 1. The third-order valence-electron chi connectivity index (χ3n) is 3.85. The molecule has 0 radical (unpaired) electrons. The third kappa shape index (κ3) is 3.79. The fourth-order valence-corrected chi connectivity index (χ4v) is 2.98. The topological polar surface area (TPSA) is 47.3 Å². The summed E-state index contributed by atoms with van der Waals surface area (Å²) in [5, 5.41) is 10.4. The number of rotatable bonds is 6. The smallest absolute Gasteiger partial charge is 0.119 e. The van der Waals surface area contributed by atoms with Crippen LogP contribution in [0.3, 0.4) is 0 Å². The lowest BCUT2D eigenvalue weighted by Crippen LogP contribution is -2.24. The molecule has 0 fully saturated rings. The standard InChI is InChI=1S/C19H21BrN2O2/c1-13(2)19-21-17-5-3-4-6-18(17)22(19)11-15(23)12-24-16-9-7-14(20)8-10-16/h3-10,13,15,23H,11-12H2,1-2H3/t15-/m1/s1. The van der Waals surface area contributed by atoms with Gasteiger partial charge in [0.1, 0.15) is 24.3 Å². The largest absolute Gasteiger partial charge is 0.491 e. The Bertz CT molecular complexity index is 812. The first-order valence-corrected chi connectivity index (χ1v) is 8.85. The SMILES string of the molecule is CC(C)c1nc2ccccc2n1C[C@@H](O)COc1ccc(Br)cc1. The van der Waals surface area contributed by atoms with E-state index in [1.807, 2.05) is 48.5 Å². The molecule has 0 saturated carbocycles. The number of hydrogen-bond donors (Lipinski definition) is 1. The summed E-state index contributed by atoms with van der Waals surface area (Å²) in [6, 6.07) is 15.6. The van der Waals surface area contributed by atoms with Gasteiger partial charge in [-0.05, 0) is 36.4 Å². The zero-order valence-electron chi connectivity index (χ0n) is 13.8. The number of aliphatic hydroxyl groups excluding tert-OH is 1. The van der Waals surface area contributed by atoms with Gasteiger partial charge < -0.3 is 14.4 Å². The van der Waals surface area contributed by atoms with E-state index in [1.165, 1.54) is 0 Å². The van der Waals surface area contributed by atoms with Gasteiger partial charge >= 0.3 is 0 Å². The van der Waals surface area contributed by atoms with E-state index in [1.54, 1.807) is 0 Å². The van der Waals surface area contributed by atoms with Crippen LogP contribution in [0.5, 0.6) is 5.75 Å². The zero-order valence-corrected chi connectivity index (χ0v) is 15.4. The molecule has 1 atom stereocenters. The van der Waals surface area contributed by atoms with Gasteiger partial charge in [0.15, 0.2) is 0 Å². The van der Waals surface area contributed by atoms with Crippen LogP contribution in [-0.4, -0.2) is 27.4 Å². The average molecular weight is 389 g/mol. The normalized spacial score (nSPS) is 12.7. The van der Waals surface area contributed by atoms with E-state index >= 15 is 0 Å². The number of aliphatic hydroxyl groups is 1. The molecule has 3 rings (SSSR count). The van der Waals surface area contributed by atoms with Gasteiger partial charge in [-0.25, -0.2) is 4.98 Å². The van der Waals surface area contributed by atoms with E-state index in [2.05, 4.69) is 34.3 Å². The van der Waals surface area contributed by atoms with Crippen LogP contribution in [0.15, 0.2) is 53.0 Å². The molecular weight excluding hydrogens is 368 g/mol. The van der Waals surface area contributed by atoms with Crippen molar-refractivity contribution in [3.63, 3.8) is 0 Å². The second-order valence-corrected chi connectivity index (χ2v) is 7.06. The number of aromatic nitrogens is 2. The lowest BCUT2D eigenvalue weighted by molar-refractivity contribution is 0.0925. The van der Waals surface area contributed by atoms with E-state index in [0.717, 1.165) is 27.1 Å². The molecule has 126 valence electrons. The molecule has 1 N–H and O–H groups in total. The molecule has 1 heterocycles. The Morgan fingerprint density at radius 2 is 1.83 bits per heavy atom. The Labute approximate surface area is 150 Å². The molecule has 24 heavy (non-hydrogen) atoms. The van der Waals surface area contributed by atoms with Gasteiger partial charge in [-0.15, -0.1) is 0 Å². The van der Waals surface area contributed by atoms with Crippen molar-refractivity contribution >= 4 is 27.0 Å². The third-order valence-corrected chi connectivity index (χ3v) is 4.38. The first-order chi connectivity index (χ1) is 11.5. The van der Waals surface area contributed by atoms with Crippen LogP contribution >= 0.6 is 15.9 Å². The molecule has 0 unspecified atom stereocenters. The van der Waals surface area contributed by atoms with Gasteiger partial charge in [0.25, 0.3) is 0 Å². The maximum atomic E-state index is 10.4. The van der Waals surface area contributed by atoms with Gasteiger partial charge in [0.05, 0.1) is 17.6 Å². The van der Waals surface area contributed by atoms with Crippen molar-refractivity contribution in [2.45, 2.75) is 32.4 Å². The molecule has 0 amide bonds. The summed E-state index contributed by atoms with van der Waals surface area (Å²) in [7, 11) is 0. The van der Waals surface area contributed by atoms with Crippen LogP contribution < -0.4 is 4.74 Å². The predicted octanol–water partition coefficient (Wildman–Crippen LogP) is 4.36. The van der Waals surface area contributed by atoms with Crippen LogP contribution in [-0.2, 0) is 6.54 Å². The Kier molecular flexibility index (Phi) is 5.21. The highest BCUT2D eigenvalue weighted by molar-refractivity contribution is 9.10.